The molecule has 8 nitrogen and oxygen atoms in total. The fraction of sp³-hybridized carbons (Fsp3) is 0.238. The Morgan fingerprint density at radius 2 is 2.00 bits per heavy atom. The van der Waals surface area contributed by atoms with E-state index in [1.54, 1.807) is 30.2 Å². The number of amides is 2. The molecule has 1 aromatic heterocycles. The van der Waals surface area contributed by atoms with Crippen LogP contribution in [0.15, 0.2) is 52.9 Å². The van der Waals surface area contributed by atoms with E-state index in [-0.39, 0.29) is 30.2 Å². The highest BCUT2D eigenvalue weighted by Crippen LogP contribution is 2.32. The average Bonchev–Trinajstić information content (AvgIpc) is 3.34. The zero-order chi connectivity index (χ0) is 20.4. The quantitative estimate of drug-likeness (QED) is 0.716. The predicted molar refractivity (Wildman–Crippen MR) is 106 cm³/mol. The first-order valence-electron chi connectivity index (χ1n) is 9.19. The van der Waals surface area contributed by atoms with E-state index in [1.165, 1.54) is 0 Å². The maximum absolute atomic E-state index is 12.4. The van der Waals surface area contributed by atoms with Crippen LogP contribution in [0.3, 0.4) is 0 Å². The number of carbonyl (C=O) groups excluding carboxylic acids is 2. The second-order valence-corrected chi connectivity index (χ2v) is 6.87. The van der Waals surface area contributed by atoms with Gasteiger partial charge in [0.2, 0.25) is 11.8 Å². The van der Waals surface area contributed by atoms with E-state index in [1.807, 2.05) is 37.3 Å². The number of benzene rings is 2. The van der Waals surface area contributed by atoms with E-state index in [0.29, 0.717) is 18.0 Å². The lowest BCUT2D eigenvalue weighted by molar-refractivity contribution is -0.117. The molecule has 2 amide bonds. The summed E-state index contributed by atoms with van der Waals surface area (Å²) in [5.41, 5.74) is 2.27. The van der Waals surface area contributed by atoms with Crippen molar-refractivity contribution < 1.29 is 18.7 Å². The zero-order valence-electron chi connectivity index (χ0n) is 16.1. The Kier molecular flexibility index (Phi) is 4.99. The first-order chi connectivity index (χ1) is 14.0. The second kappa shape index (κ2) is 7.75. The molecule has 4 rings (SSSR count). The molecule has 0 radical (unpaired) electrons. The van der Waals surface area contributed by atoms with Gasteiger partial charge >= 0.3 is 6.01 Å². The van der Waals surface area contributed by atoms with E-state index in [9.17, 15) is 9.59 Å². The number of rotatable bonds is 5. The van der Waals surface area contributed by atoms with Crippen LogP contribution in [0.2, 0.25) is 0 Å². The maximum atomic E-state index is 12.4. The summed E-state index contributed by atoms with van der Waals surface area (Å²) in [6.07, 6.45) is 0.263. The van der Waals surface area contributed by atoms with E-state index >= 15 is 0 Å². The molecular weight excluding hydrogens is 372 g/mol. The van der Waals surface area contributed by atoms with Crippen molar-refractivity contribution in [3.05, 3.63) is 65.5 Å². The van der Waals surface area contributed by atoms with Crippen molar-refractivity contribution in [2.45, 2.75) is 19.3 Å². The highest BCUT2D eigenvalue weighted by Gasteiger charge is 2.35. The summed E-state index contributed by atoms with van der Waals surface area (Å²) in [5, 5.41) is 10.5. The van der Waals surface area contributed by atoms with Crippen LogP contribution in [0.4, 0.5) is 11.7 Å². The topological polar surface area (TPSA) is 97.6 Å². The van der Waals surface area contributed by atoms with Crippen LogP contribution in [0.1, 0.15) is 34.2 Å². The SMILES string of the molecule is COc1ccc(N2CC(c3nnc(NC(=O)c4cccc(C)c4)o3)CC2=O)cc1. The van der Waals surface area contributed by atoms with Crippen molar-refractivity contribution in [2.24, 2.45) is 0 Å². The molecule has 0 saturated carbocycles. The number of hydrogen-bond acceptors (Lipinski definition) is 6. The Hall–Kier alpha value is -3.68. The Morgan fingerprint density at radius 3 is 2.72 bits per heavy atom. The molecular formula is C21H20N4O4. The Bertz CT molecular complexity index is 1040. The third-order valence-electron chi connectivity index (χ3n) is 4.80. The number of ether oxygens (including phenoxy) is 1. The van der Waals surface area contributed by atoms with Crippen LogP contribution in [0.25, 0.3) is 0 Å². The Morgan fingerprint density at radius 1 is 1.21 bits per heavy atom. The zero-order valence-corrected chi connectivity index (χ0v) is 16.1. The molecule has 1 unspecified atom stereocenters. The number of nitrogens with one attached hydrogen (secondary N) is 1. The molecule has 8 heteroatoms. The average molecular weight is 392 g/mol. The number of aromatic nitrogens is 2. The van der Waals surface area contributed by atoms with Crippen LogP contribution >= 0.6 is 0 Å². The molecule has 2 aromatic carbocycles. The summed E-state index contributed by atoms with van der Waals surface area (Å²) in [7, 11) is 1.59. The Labute approximate surface area is 167 Å². The molecule has 1 fully saturated rings. The van der Waals surface area contributed by atoms with Gasteiger partial charge in [-0.1, -0.05) is 22.8 Å². The molecule has 2 heterocycles. The van der Waals surface area contributed by atoms with Crippen LogP contribution in [0.5, 0.6) is 5.75 Å². The van der Waals surface area contributed by atoms with Crippen LogP contribution in [0, 0.1) is 6.92 Å². The lowest BCUT2D eigenvalue weighted by Crippen LogP contribution is -2.24. The van der Waals surface area contributed by atoms with E-state index in [4.69, 9.17) is 9.15 Å². The highest BCUT2D eigenvalue weighted by molar-refractivity contribution is 6.03. The summed E-state index contributed by atoms with van der Waals surface area (Å²) in [6.45, 7) is 2.34. The third-order valence-corrected chi connectivity index (χ3v) is 4.80. The van der Waals surface area contributed by atoms with Gasteiger partial charge in [-0.3, -0.25) is 14.9 Å². The van der Waals surface area contributed by atoms with Gasteiger partial charge in [-0.25, -0.2) is 0 Å². The van der Waals surface area contributed by atoms with Gasteiger partial charge in [-0.05, 0) is 43.3 Å². The van der Waals surface area contributed by atoms with Crippen molar-refractivity contribution in [2.75, 3.05) is 23.9 Å². The standard InChI is InChI=1S/C21H20N4O4/c1-13-4-3-5-14(10-13)19(27)22-21-24-23-20(29-21)15-11-18(26)25(12-15)16-6-8-17(28-2)9-7-16/h3-10,15H,11-12H2,1-2H3,(H,22,24,27). The molecule has 1 aliphatic heterocycles. The lowest BCUT2D eigenvalue weighted by Gasteiger charge is -2.16. The summed E-state index contributed by atoms with van der Waals surface area (Å²) < 4.78 is 10.8. The largest absolute Gasteiger partial charge is 0.497 e. The van der Waals surface area contributed by atoms with Crippen LogP contribution < -0.4 is 15.0 Å². The van der Waals surface area contributed by atoms with Gasteiger partial charge in [0.15, 0.2) is 0 Å². The number of methoxy groups -OCH3 is 1. The summed E-state index contributed by atoms with van der Waals surface area (Å²) >= 11 is 0. The normalized spacial score (nSPS) is 16.1. The van der Waals surface area contributed by atoms with Gasteiger partial charge in [0, 0.05) is 24.2 Å². The molecule has 1 saturated heterocycles. The minimum Gasteiger partial charge on any atom is -0.497 e. The van der Waals surface area contributed by atoms with Crippen molar-refractivity contribution in [3.63, 3.8) is 0 Å². The molecule has 1 N–H and O–H groups in total. The molecule has 3 aromatic rings. The van der Waals surface area contributed by atoms with Gasteiger partial charge in [0.05, 0.1) is 13.0 Å². The van der Waals surface area contributed by atoms with E-state index in [2.05, 4.69) is 15.5 Å². The first kappa shape index (κ1) is 18.7. The summed E-state index contributed by atoms with van der Waals surface area (Å²) in [4.78, 5) is 26.5. The summed E-state index contributed by atoms with van der Waals surface area (Å²) in [5.74, 6) is 0.466. The molecule has 1 atom stereocenters. The fourth-order valence-corrected chi connectivity index (χ4v) is 3.29. The molecule has 29 heavy (non-hydrogen) atoms. The van der Waals surface area contributed by atoms with E-state index in [0.717, 1.165) is 17.0 Å². The lowest BCUT2D eigenvalue weighted by atomic mass is 10.1. The van der Waals surface area contributed by atoms with Crippen LogP contribution in [-0.2, 0) is 4.79 Å². The number of nitrogens with zero attached hydrogens (tertiary/aromatic N) is 3. The highest BCUT2D eigenvalue weighted by atomic mass is 16.5. The molecule has 148 valence electrons. The monoisotopic (exact) mass is 392 g/mol. The summed E-state index contributed by atoms with van der Waals surface area (Å²) in [6, 6.07) is 14.5. The molecule has 1 aliphatic rings. The van der Waals surface area contributed by atoms with Crippen molar-refractivity contribution >= 4 is 23.5 Å². The van der Waals surface area contributed by atoms with Gasteiger partial charge in [0.1, 0.15) is 5.75 Å². The van der Waals surface area contributed by atoms with Crippen molar-refractivity contribution in [1.82, 2.24) is 10.2 Å². The maximum Gasteiger partial charge on any atom is 0.322 e. The van der Waals surface area contributed by atoms with Crippen molar-refractivity contribution in [1.29, 1.82) is 0 Å². The molecule has 0 bridgehead atoms. The predicted octanol–water partition coefficient (Wildman–Crippen LogP) is 3.16. The smallest absolute Gasteiger partial charge is 0.322 e. The van der Waals surface area contributed by atoms with Gasteiger partial charge in [-0.2, -0.15) is 0 Å². The third kappa shape index (κ3) is 3.96. The van der Waals surface area contributed by atoms with Gasteiger partial charge < -0.3 is 14.1 Å². The minimum absolute atomic E-state index is 0.0156. The number of anilines is 2. The second-order valence-electron chi connectivity index (χ2n) is 6.87. The first-order valence-corrected chi connectivity index (χ1v) is 9.19. The van der Waals surface area contributed by atoms with Crippen molar-refractivity contribution in [3.8, 4) is 5.75 Å². The Balaban J connectivity index is 1.44. The minimum atomic E-state index is -0.328. The van der Waals surface area contributed by atoms with Gasteiger partial charge in [0.25, 0.3) is 5.91 Å². The fourth-order valence-electron chi connectivity index (χ4n) is 3.29. The molecule has 0 aliphatic carbocycles. The van der Waals surface area contributed by atoms with Crippen LogP contribution in [-0.4, -0.2) is 35.7 Å². The van der Waals surface area contributed by atoms with E-state index < -0.39 is 0 Å². The number of hydrogen-bond donors (Lipinski definition) is 1. The number of carbonyl (C=O) groups is 2. The molecule has 0 spiro atoms. The number of aryl methyl sites for hydroxylation is 1. The van der Waals surface area contributed by atoms with Gasteiger partial charge in [-0.15, -0.1) is 5.10 Å².